The highest BCUT2D eigenvalue weighted by atomic mass is 35.5. The molecule has 1 N–H and O–H groups in total. The van der Waals surface area contributed by atoms with Crippen molar-refractivity contribution in [2.75, 3.05) is 0 Å². The van der Waals surface area contributed by atoms with Gasteiger partial charge in [0, 0.05) is 26.7 Å². The molecule has 2 aromatic heterocycles. The molecular formula is C18H17ClN2Si. The van der Waals surface area contributed by atoms with Gasteiger partial charge < -0.3 is 4.98 Å². The molecule has 0 atom stereocenters. The zero-order chi connectivity index (χ0) is 15.5. The zero-order valence-electron chi connectivity index (χ0n) is 12.9. The molecule has 0 aliphatic heterocycles. The molecule has 4 aromatic rings. The fraction of sp³-hybridized carbons (Fsp3) is 0.167. The largest absolute Gasteiger partial charge is 0.339 e. The molecule has 0 amide bonds. The van der Waals surface area contributed by atoms with E-state index in [0.29, 0.717) is 0 Å². The normalized spacial score (nSPS) is 12.5. The predicted octanol–water partition coefficient (Wildman–Crippen LogP) is 5.07. The van der Waals surface area contributed by atoms with E-state index in [-0.39, 0.29) is 0 Å². The maximum absolute atomic E-state index is 6.26. The van der Waals surface area contributed by atoms with Gasteiger partial charge in [0.2, 0.25) is 0 Å². The van der Waals surface area contributed by atoms with Gasteiger partial charge >= 0.3 is 0 Å². The minimum Gasteiger partial charge on any atom is -0.339 e. The van der Waals surface area contributed by atoms with Crippen molar-refractivity contribution in [1.82, 2.24) is 9.97 Å². The average molecular weight is 325 g/mol. The highest BCUT2D eigenvalue weighted by molar-refractivity contribution is 6.92. The molecule has 0 aliphatic rings. The molecule has 0 saturated carbocycles. The number of pyridine rings is 1. The Morgan fingerprint density at radius 2 is 1.77 bits per heavy atom. The van der Waals surface area contributed by atoms with Crippen LogP contribution in [0.4, 0.5) is 0 Å². The Morgan fingerprint density at radius 3 is 2.55 bits per heavy atom. The van der Waals surface area contributed by atoms with E-state index in [2.05, 4.69) is 55.0 Å². The molecule has 4 rings (SSSR count). The molecule has 2 aromatic carbocycles. The van der Waals surface area contributed by atoms with Crippen molar-refractivity contribution < 1.29 is 0 Å². The molecule has 110 valence electrons. The van der Waals surface area contributed by atoms with Gasteiger partial charge in [-0.1, -0.05) is 49.4 Å². The van der Waals surface area contributed by atoms with Crippen LogP contribution in [0.3, 0.4) is 0 Å². The molecule has 2 heterocycles. The first-order valence-corrected chi connectivity index (χ1v) is 11.3. The molecule has 0 radical (unpaired) electrons. The fourth-order valence-corrected chi connectivity index (χ4v) is 5.49. The van der Waals surface area contributed by atoms with Crippen molar-refractivity contribution in [3.8, 4) is 0 Å². The Hall–Kier alpha value is -1.84. The number of halogens is 1. The summed E-state index contributed by atoms with van der Waals surface area (Å²) in [6, 6.07) is 14.4. The van der Waals surface area contributed by atoms with Crippen molar-refractivity contribution in [3.05, 3.63) is 47.5 Å². The predicted molar refractivity (Wildman–Crippen MR) is 99.1 cm³/mol. The number of fused-ring (bicyclic) bond motifs is 4. The number of benzene rings is 2. The van der Waals surface area contributed by atoms with Gasteiger partial charge in [0.1, 0.15) is 5.65 Å². The van der Waals surface area contributed by atoms with Crippen LogP contribution < -0.4 is 5.19 Å². The van der Waals surface area contributed by atoms with E-state index < -0.39 is 8.07 Å². The summed E-state index contributed by atoms with van der Waals surface area (Å²) in [4.78, 5) is 8.31. The number of aromatic nitrogens is 2. The number of hydrogen-bond acceptors (Lipinski definition) is 1. The van der Waals surface area contributed by atoms with Crippen LogP contribution in [0.5, 0.6) is 0 Å². The van der Waals surface area contributed by atoms with Crippen LogP contribution in [0, 0.1) is 0 Å². The van der Waals surface area contributed by atoms with Gasteiger partial charge in [-0.15, -0.1) is 0 Å². The molecule has 0 aliphatic carbocycles. The lowest BCUT2D eigenvalue weighted by Gasteiger charge is -2.21. The topological polar surface area (TPSA) is 28.7 Å². The summed E-state index contributed by atoms with van der Waals surface area (Å²) in [5.41, 5.74) is 3.14. The molecule has 0 fully saturated rings. The standard InChI is InChI=1S/C18H17ClN2Si/c1-22(2,3)17-13-10-11(19)8-9-15(13)21-18-16(17)12-6-4-5-7-14(12)20-18/h4-10H,1-3H3,(H,20,21). The van der Waals surface area contributed by atoms with Crippen molar-refractivity contribution in [1.29, 1.82) is 0 Å². The summed E-state index contributed by atoms with van der Waals surface area (Å²) in [6.07, 6.45) is 0. The van der Waals surface area contributed by atoms with E-state index in [1.165, 1.54) is 21.3 Å². The van der Waals surface area contributed by atoms with Crippen LogP contribution in [0.2, 0.25) is 24.7 Å². The minimum atomic E-state index is -1.58. The molecule has 0 bridgehead atoms. The van der Waals surface area contributed by atoms with E-state index in [1.54, 1.807) is 0 Å². The van der Waals surface area contributed by atoms with Gasteiger partial charge in [-0.3, -0.25) is 0 Å². The van der Waals surface area contributed by atoms with Crippen molar-refractivity contribution in [2.45, 2.75) is 19.6 Å². The van der Waals surface area contributed by atoms with Crippen LogP contribution in [0.15, 0.2) is 42.5 Å². The van der Waals surface area contributed by atoms with Crippen LogP contribution in [-0.2, 0) is 0 Å². The molecular weight excluding hydrogens is 308 g/mol. The average Bonchev–Trinajstić information content (AvgIpc) is 2.81. The van der Waals surface area contributed by atoms with Crippen molar-refractivity contribution in [2.24, 2.45) is 0 Å². The Balaban J connectivity index is 2.34. The lowest BCUT2D eigenvalue weighted by Crippen LogP contribution is -2.38. The van der Waals surface area contributed by atoms with E-state index >= 15 is 0 Å². The van der Waals surface area contributed by atoms with E-state index in [0.717, 1.165) is 21.7 Å². The summed E-state index contributed by atoms with van der Waals surface area (Å²) < 4.78 is 0. The number of nitrogens with one attached hydrogen (secondary N) is 1. The van der Waals surface area contributed by atoms with Gasteiger partial charge in [-0.05, 0) is 29.5 Å². The Kier molecular flexibility index (Phi) is 2.87. The van der Waals surface area contributed by atoms with E-state index in [4.69, 9.17) is 16.6 Å². The smallest absolute Gasteiger partial charge is 0.138 e. The second-order valence-electron chi connectivity index (χ2n) is 6.79. The minimum absolute atomic E-state index is 0.771. The molecule has 0 unspecified atom stereocenters. The third-order valence-corrected chi connectivity index (χ3v) is 6.40. The number of para-hydroxylation sites is 1. The van der Waals surface area contributed by atoms with E-state index in [9.17, 15) is 0 Å². The van der Waals surface area contributed by atoms with E-state index in [1.807, 2.05) is 12.1 Å². The third kappa shape index (κ3) is 1.96. The second-order valence-corrected chi connectivity index (χ2v) is 12.2. The molecule has 0 spiro atoms. The van der Waals surface area contributed by atoms with Gasteiger partial charge in [-0.25, -0.2) is 4.98 Å². The number of nitrogens with zero attached hydrogens (tertiary/aromatic N) is 1. The summed E-state index contributed by atoms with van der Waals surface area (Å²) >= 11 is 6.26. The van der Waals surface area contributed by atoms with Crippen LogP contribution in [0.1, 0.15) is 0 Å². The van der Waals surface area contributed by atoms with Crippen molar-refractivity contribution >= 4 is 57.7 Å². The lowest BCUT2D eigenvalue weighted by molar-refractivity contribution is 1.41. The first-order valence-electron chi connectivity index (χ1n) is 7.45. The molecule has 2 nitrogen and oxygen atoms in total. The highest BCUT2D eigenvalue weighted by Gasteiger charge is 2.25. The number of hydrogen-bond donors (Lipinski definition) is 1. The zero-order valence-corrected chi connectivity index (χ0v) is 14.6. The SMILES string of the molecule is C[Si](C)(C)c1c2cc(Cl)ccc2nc2[nH]c3ccccc3c12. The summed E-state index contributed by atoms with van der Waals surface area (Å²) in [5.74, 6) is 0. The monoisotopic (exact) mass is 324 g/mol. The molecule has 22 heavy (non-hydrogen) atoms. The Bertz CT molecular complexity index is 1030. The quantitative estimate of drug-likeness (QED) is 0.487. The number of aromatic amines is 1. The van der Waals surface area contributed by atoms with Gasteiger partial charge in [0.05, 0.1) is 13.6 Å². The maximum Gasteiger partial charge on any atom is 0.138 e. The fourth-order valence-electron chi connectivity index (χ4n) is 3.30. The van der Waals surface area contributed by atoms with Gasteiger partial charge in [0.25, 0.3) is 0 Å². The van der Waals surface area contributed by atoms with Crippen LogP contribution in [-0.4, -0.2) is 18.0 Å². The summed E-state index contributed by atoms with van der Waals surface area (Å²) in [5, 5.41) is 5.93. The van der Waals surface area contributed by atoms with Gasteiger partial charge in [0.15, 0.2) is 0 Å². The van der Waals surface area contributed by atoms with Crippen molar-refractivity contribution in [3.63, 3.8) is 0 Å². The van der Waals surface area contributed by atoms with Crippen LogP contribution >= 0.6 is 11.6 Å². The Labute approximate surface area is 135 Å². The first-order chi connectivity index (χ1) is 10.4. The third-order valence-electron chi connectivity index (χ3n) is 4.15. The van der Waals surface area contributed by atoms with Gasteiger partial charge in [-0.2, -0.15) is 0 Å². The molecule has 0 saturated heterocycles. The number of H-pyrrole nitrogens is 1. The maximum atomic E-state index is 6.26. The summed E-state index contributed by atoms with van der Waals surface area (Å²) in [7, 11) is -1.58. The second kappa shape index (κ2) is 4.57. The lowest BCUT2D eigenvalue weighted by atomic mass is 10.1. The first kappa shape index (κ1) is 13.8. The van der Waals surface area contributed by atoms with Crippen LogP contribution in [0.25, 0.3) is 32.8 Å². The number of rotatable bonds is 1. The highest BCUT2D eigenvalue weighted by Crippen LogP contribution is 2.29. The Morgan fingerprint density at radius 1 is 1.00 bits per heavy atom. The summed E-state index contributed by atoms with van der Waals surface area (Å²) in [6.45, 7) is 7.14. The molecule has 4 heteroatoms.